The van der Waals surface area contributed by atoms with Crippen molar-refractivity contribution in [3.05, 3.63) is 92.0 Å². The topological polar surface area (TPSA) is 84.8 Å². The quantitative estimate of drug-likeness (QED) is 0.223. The minimum atomic E-state index is -0.193. The number of carbonyl (C=O) groups excluding carboxylic acids is 2. The number of benzene rings is 2. The van der Waals surface area contributed by atoms with Crippen LogP contribution in [0, 0.1) is 13.8 Å². The summed E-state index contributed by atoms with van der Waals surface area (Å²) >= 11 is 7.53. The van der Waals surface area contributed by atoms with Crippen molar-refractivity contribution in [2.45, 2.75) is 32.5 Å². The summed E-state index contributed by atoms with van der Waals surface area (Å²) in [6.45, 7) is 5.26. The molecule has 0 bridgehead atoms. The number of aromatic nitrogens is 3. The van der Waals surface area contributed by atoms with Crippen LogP contribution in [0.1, 0.15) is 44.6 Å². The van der Waals surface area contributed by atoms with Crippen molar-refractivity contribution in [2.75, 3.05) is 5.75 Å². The van der Waals surface area contributed by atoms with Gasteiger partial charge in [0.25, 0.3) is 5.56 Å². The fourth-order valence-corrected chi connectivity index (χ4v) is 5.02. The molecule has 0 atom stereocenters. The third kappa shape index (κ3) is 4.51. The monoisotopic (exact) mass is 479 g/mol. The predicted molar refractivity (Wildman–Crippen MR) is 132 cm³/mol. The molecule has 1 N–H and O–H groups in total. The highest BCUT2D eigenvalue weighted by atomic mass is 35.5. The zero-order valence-corrected chi connectivity index (χ0v) is 20.0. The van der Waals surface area contributed by atoms with Crippen LogP contribution >= 0.6 is 23.4 Å². The molecule has 0 aliphatic carbocycles. The Morgan fingerprint density at radius 1 is 1.09 bits per heavy atom. The van der Waals surface area contributed by atoms with Gasteiger partial charge in [0.2, 0.25) is 0 Å². The normalized spacial score (nSPS) is 11.2. The van der Waals surface area contributed by atoms with E-state index < -0.39 is 0 Å². The van der Waals surface area contributed by atoms with Crippen LogP contribution in [0.5, 0.6) is 0 Å². The van der Waals surface area contributed by atoms with Crippen molar-refractivity contribution in [2.24, 2.45) is 0 Å². The molecule has 2 aromatic carbocycles. The molecule has 0 saturated heterocycles. The first-order valence-corrected chi connectivity index (χ1v) is 11.7. The Balaban J connectivity index is 1.71. The number of hydrogen-bond donors (Lipinski definition) is 1. The molecule has 6 nitrogen and oxygen atoms in total. The third-order valence-corrected chi connectivity index (χ3v) is 6.86. The number of nitrogens with one attached hydrogen (secondary N) is 1. The number of nitrogens with zero attached hydrogens (tertiary/aromatic N) is 2. The first-order chi connectivity index (χ1) is 15.8. The fourth-order valence-electron chi connectivity index (χ4n) is 3.95. The van der Waals surface area contributed by atoms with E-state index in [2.05, 4.69) is 9.97 Å². The Labute approximate surface area is 200 Å². The number of carbonyl (C=O) groups is 2. The van der Waals surface area contributed by atoms with Gasteiger partial charge in [0, 0.05) is 16.3 Å². The van der Waals surface area contributed by atoms with Crippen LogP contribution in [0.3, 0.4) is 0 Å². The molecular weight excluding hydrogens is 458 g/mol. The highest BCUT2D eigenvalue weighted by Crippen LogP contribution is 2.24. The minimum Gasteiger partial charge on any atom is -0.355 e. The van der Waals surface area contributed by atoms with Crippen molar-refractivity contribution in [3.63, 3.8) is 0 Å². The zero-order chi connectivity index (χ0) is 23.7. The van der Waals surface area contributed by atoms with E-state index in [4.69, 9.17) is 11.6 Å². The van der Waals surface area contributed by atoms with E-state index in [0.717, 1.165) is 5.56 Å². The van der Waals surface area contributed by atoms with E-state index in [1.807, 2.05) is 24.3 Å². The Bertz CT molecular complexity index is 1460. The average Bonchev–Trinajstić information content (AvgIpc) is 3.09. The van der Waals surface area contributed by atoms with Crippen LogP contribution in [0.25, 0.3) is 10.9 Å². The Morgan fingerprint density at radius 2 is 1.79 bits per heavy atom. The summed E-state index contributed by atoms with van der Waals surface area (Å²) in [4.78, 5) is 45.9. The molecule has 0 amide bonds. The number of Topliss-reactive ketones (excluding diaryl/α,β-unsaturated/α-hetero) is 2. The van der Waals surface area contributed by atoms with Crippen molar-refractivity contribution in [3.8, 4) is 0 Å². The van der Waals surface area contributed by atoms with Gasteiger partial charge in [-0.15, -0.1) is 0 Å². The van der Waals surface area contributed by atoms with Gasteiger partial charge in [0.05, 0.1) is 28.9 Å². The molecular formula is C25H22ClN3O3S. The maximum Gasteiger partial charge on any atom is 0.262 e. The highest BCUT2D eigenvalue weighted by molar-refractivity contribution is 7.99. The first kappa shape index (κ1) is 23.0. The SMILES string of the molecule is CC(=O)c1c(C)[nH]c(C(=O)CSc2nc3ccccc3c(=O)n2Cc2ccccc2Cl)c1C. The Kier molecular flexibility index (Phi) is 6.54. The Hall–Kier alpha value is -3.16. The van der Waals surface area contributed by atoms with Gasteiger partial charge in [-0.2, -0.15) is 0 Å². The molecule has 0 aliphatic rings. The molecule has 8 heteroatoms. The van der Waals surface area contributed by atoms with E-state index in [9.17, 15) is 14.4 Å². The maximum absolute atomic E-state index is 13.3. The largest absolute Gasteiger partial charge is 0.355 e. The lowest BCUT2D eigenvalue weighted by molar-refractivity contribution is 0.101. The van der Waals surface area contributed by atoms with Gasteiger partial charge in [-0.05, 0) is 50.1 Å². The second-order valence-electron chi connectivity index (χ2n) is 7.79. The van der Waals surface area contributed by atoms with Crippen molar-refractivity contribution < 1.29 is 9.59 Å². The lowest BCUT2D eigenvalue weighted by atomic mass is 10.1. The van der Waals surface area contributed by atoms with E-state index in [1.165, 1.54) is 18.7 Å². The zero-order valence-electron chi connectivity index (χ0n) is 18.4. The second kappa shape index (κ2) is 9.37. The standard InChI is InChI=1S/C25H22ClN3O3S/c1-14-22(16(3)30)15(2)27-23(14)21(31)13-33-25-28-20-11-7-5-9-18(20)24(32)29(25)12-17-8-4-6-10-19(17)26/h4-11,27H,12-13H2,1-3H3. The van der Waals surface area contributed by atoms with Crippen LogP contribution in [-0.4, -0.2) is 31.9 Å². The van der Waals surface area contributed by atoms with Crippen LogP contribution in [0.2, 0.25) is 5.02 Å². The highest BCUT2D eigenvalue weighted by Gasteiger charge is 2.21. The molecule has 0 saturated carbocycles. The van der Waals surface area contributed by atoms with Crippen molar-refractivity contribution >= 4 is 45.8 Å². The summed E-state index contributed by atoms with van der Waals surface area (Å²) in [5, 5.41) is 1.49. The Morgan fingerprint density at radius 3 is 2.48 bits per heavy atom. The fraction of sp³-hybridized carbons (Fsp3) is 0.200. The number of hydrogen-bond acceptors (Lipinski definition) is 5. The molecule has 4 rings (SSSR count). The van der Waals surface area contributed by atoms with Gasteiger partial charge in [-0.25, -0.2) is 4.98 Å². The lowest BCUT2D eigenvalue weighted by Crippen LogP contribution is -2.24. The molecule has 33 heavy (non-hydrogen) atoms. The van der Waals surface area contributed by atoms with Crippen LogP contribution in [0.15, 0.2) is 58.5 Å². The van der Waals surface area contributed by atoms with E-state index in [-0.39, 0.29) is 29.4 Å². The molecule has 0 aliphatic heterocycles. The number of ketones is 2. The summed E-state index contributed by atoms with van der Waals surface area (Å²) in [5.41, 5.74) is 3.43. The van der Waals surface area contributed by atoms with Gasteiger partial charge in [-0.1, -0.05) is 53.7 Å². The molecule has 0 fully saturated rings. The van der Waals surface area contributed by atoms with Gasteiger partial charge in [-0.3, -0.25) is 19.0 Å². The van der Waals surface area contributed by atoms with Crippen LogP contribution in [0.4, 0.5) is 0 Å². The van der Waals surface area contributed by atoms with Crippen molar-refractivity contribution in [1.29, 1.82) is 0 Å². The number of thioether (sulfide) groups is 1. The molecule has 0 radical (unpaired) electrons. The summed E-state index contributed by atoms with van der Waals surface area (Å²) < 4.78 is 1.55. The summed E-state index contributed by atoms with van der Waals surface area (Å²) in [5.74, 6) is -0.191. The number of fused-ring (bicyclic) bond motifs is 1. The molecule has 4 aromatic rings. The lowest BCUT2D eigenvalue weighted by Gasteiger charge is -2.14. The number of aryl methyl sites for hydroxylation is 1. The van der Waals surface area contributed by atoms with Gasteiger partial charge in [0.15, 0.2) is 16.7 Å². The van der Waals surface area contributed by atoms with Gasteiger partial charge in [0.1, 0.15) is 0 Å². The molecule has 0 spiro atoms. The van der Waals surface area contributed by atoms with Crippen LogP contribution in [-0.2, 0) is 6.54 Å². The van der Waals surface area contributed by atoms with Gasteiger partial charge < -0.3 is 4.98 Å². The smallest absolute Gasteiger partial charge is 0.262 e. The number of halogens is 1. The number of para-hydroxylation sites is 1. The maximum atomic E-state index is 13.3. The average molecular weight is 480 g/mol. The van der Waals surface area contributed by atoms with E-state index >= 15 is 0 Å². The molecule has 0 unspecified atom stereocenters. The van der Waals surface area contributed by atoms with Crippen LogP contribution < -0.4 is 5.56 Å². The third-order valence-electron chi connectivity index (χ3n) is 5.51. The minimum absolute atomic E-state index is 0.0610. The molecule has 168 valence electrons. The van der Waals surface area contributed by atoms with Gasteiger partial charge >= 0.3 is 0 Å². The second-order valence-corrected chi connectivity index (χ2v) is 9.14. The predicted octanol–water partition coefficient (Wildman–Crippen LogP) is 5.22. The number of rotatable bonds is 7. The molecule has 2 aromatic heterocycles. The summed E-state index contributed by atoms with van der Waals surface area (Å²) in [7, 11) is 0. The number of aromatic amines is 1. The van der Waals surface area contributed by atoms with Crippen molar-refractivity contribution in [1.82, 2.24) is 14.5 Å². The summed E-state index contributed by atoms with van der Waals surface area (Å²) in [6, 6.07) is 14.5. The number of H-pyrrole nitrogens is 1. The first-order valence-electron chi connectivity index (χ1n) is 10.4. The molecule has 2 heterocycles. The summed E-state index contributed by atoms with van der Waals surface area (Å²) in [6.07, 6.45) is 0. The van der Waals surface area contributed by atoms with E-state index in [1.54, 1.807) is 42.7 Å². The van der Waals surface area contributed by atoms with E-state index in [0.29, 0.717) is 43.6 Å².